The smallest absolute Gasteiger partial charge is 0.263 e. The van der Waals surface area contributed by atoms with Crippen molar-refractivity contribution in [2.45, 2.75) is 31.2 Å². The summed E-state index contributed by atoms with van der Waals surface area (Å²) in [6.07, 6.45) is 0. The van der Waals surface area contributed by atoms with Gasteiger partial charge in [-0.05, 0) is 49.6 Å². The third kappa shape index (κ3) is 4.00. The van der Waals surface area contributed by atoms with E-state index in [0.29, 0.717) is 22.3 Å². The van der Waals surface area contributed by atoms with Crippen molar-refractivity contribution in [3.8, 4) is 22.6 Å². The normalized spacial score (nSPS) is 12.4. The van der Waals surface area contributed by atoms with Crippen LogP contribution in [0, 0.1) is 13.8 Å². The van der Waals surface area contributed by atoms with E-state index in [1.54, 1.807) is 11.6 Å². The highest BCUT2D eigenvalue weighted by molar-refractivity contribution is 7.99. The molecule has 0 amide bonds. The monoisotopic (exact) mass is 474 g/mol. The van der Waals surface area contributed by atoms with Gasteiger partial charge in [-0.25, -0.2) is 4.98 Å². The van der Waals surface area contributed by atoms with E-state index in [0.717, 1.165) is 21.5 Å². The first-order valence-electron chi connectivity index (χ1n) is 10.5. The van der Waals surface area contributed by atoms with E-state index in [4.69, 9.17) is 9.40 Å². The Labute approximate surface area is 199 Å². The van der Waals surface area contributed by atoms with Crippen molar-refractivity contribution >= 4 is 33.3 Å². The van der Waals surface area contributed by atoms with E-state index in [1.165, 1.54) is 34.2 Å². The van der Waals surface area contributed by atoms with Crippen molar-refractivity contribution in [1.29, 1.82) is 0 Å². The summed E-state index contributed by atoms with van der Waals surface area (Å²) in [7, 11) is 1.76. The molecule has 166 valence electrons. The molecule has 0 aliphatic carbocycles. The zero-order valence-electron chi connectivity index (χ0n) is 18.7. The summed E-state index contributed by atoms with van der Waals surface area (Å²) in [6, 6.07) is 15.9. The van der Waals surface area contributed by atoms with Gasteiger partial charge in [0.25, 0.3) is 5.56 Å². The average Bonchev–Trinajstić information content (AvgIpc) is 3.47. The fraction of sp³-hybridized carbons (Fsp3) is 0.200. The van der Waals surface area contributed by atoms with Gasteiger partial charge in [-0.1, -0.05) is 48.2 Å². The first-order chi connectivity index (χ1) is 15.9. The van der Waals surface area contributed by atoms with Crippen LogP contribution in [-0.2, 0) is 7.05 Å². The number of nitrogens with zero attached hydrogens (tertiary/aromatic N) is 4. The Morgan fingerprint density at radius 2 is 1.82 bits per heavy atom. The average molecular weight is 475 g/mol. The van der Waals surface area contributed by atoms with Crippen LogP contribution in [0.4, 0.5) is 0 Å². The highest BCUT2D eigenvalue weighted by Crippen LogP contribution is 2.37. The maximum absolute atomic E-state index is 13.3. The molecule has 3 aromatic heterocycles. The molecule has 0 radical (unpaired) electrons. The summed E-state index contributed by atoms with van der Waals surface area (Å²) >= 11 is 2.92. The lowest BCUT2D eigenvalue weighted by Gasteiger charge is -2.11. The largest absolute Gasteiger partial charge is 0.419 e. The minimum Gasteiger partial charge on any atom is -0.419 e. The lowest BCUT2D eigenvalue weighted by Crippen LogP contribution is -2.20. The van der Waals surface area contributed by atoms with Gasteiger partial charge in [0.2, 0.25) is 11.8 Å². The van der Waals surface area contributed by atoms with Crippen LogP contribution < -0.4 is 5.56 Å². The minimum atomic E-state index is -0.162. The fourth-order valence-corrected chi connectivity index (χ4v) is 5.48. The number of aromatic nitrogens is 4. The molecule has 1 unspecified atom stereocenters. The molecule has 0 saturated carbocycles. The van der Waals surface area contributed by atoms with Crippen LogP contribution in [0.1, 0.15) is 29.2 Å². The number of hydrogen-bond acceptors (Lipinski definition) is 7. The second kappa shape index (κ2) is 8.61. The number of rotatable bonds is 5. The number of fused-ring (bicyclic) bond motifs is 1. The predicted molar refractivity (Wildman–Crippen MR) is 134 cm³/mol. The molecule has 3 heterocycles. The van der Waals surface area contributed by atoms with Gasteiger partial charge in [0.05, 0.1) is 10.6 Å². The van der Waals surface area contributed by atoms with Crippen molar-refractivity contribution in [2.75, 3.05) is 0 Å². The van der Waals surface area contributed by atoms with Gasteiger partial charge >= 0.3 is 0 Å². The van der Waals surface area contributed by atoms with Gasteiger partial charge < -0.3 is 4.42 Å². The SMILES string of the molecule is Cc1ccc(-c2csc3nc(SC(C)c4nnc(-c5ccccc5)o4)n(C)c(=O)c23)cc1C. The summed E-state index contributed by atoms with van der Waals surface area (Å²) < 4.78 is 7.49. The molecule has 33 heavy (non-hydrogen) atoms. The van der Waals surface area contributed by atoms with Crippen molar-refractivity contribution in [2.24, 2.45) is 7.05 Å². The molecular weight excluding hydrogens is 452 g/mol. The maximum atomic E-state index is 13.3. The highest BCUT2D eigenvalue weighted by Gasteiger charge is 2.21. The van der Waals surface area contributed by atoms with E-state index in [2.05, 4.69) is 42.2 Å². The van der Waals surface area contributed by atoms with Gasteiger partial charge in [0.15, 0.2) is 5.16 Å². The van der Waals surface area contributed by atoms with Gasteiger partial charge in [0.1, 0.15) is 4.83 Å². The topological polar surface area (TPSA) is 73.8 Å². The Bertz CT molecular complexity index is 1520. The Morgan fingerprint density at radius 3 is 2.58 bits per heavy atom. The molecule has 5 aromatic rings. The van der Waals surface area contributed by atoms with E-state index in [9.17, 15) is 4.79 Å². The molecule has 0 aliphatic rings. The van der Waals surface area contributed by atoms with Crippen LogP contribution in [0.3, 0.4) is 0 Å². The molecule has 6 nitrogen and oxygen atoms in total. The molecule has 0 spiro atoms. The molecule has 2 aromatic carbocycles. The molecular formula is C25H22N4O2S2. The Hall–Kier alpha value is -3.23. The van der Waals surface area contributed by atoms with Gasteiger partial charge in [-0.3, -0.25) is 9.36 Å². The number of thiophene rings is 1. The quantitative estimate of drug-likeness (QED) is 0.224. The Kier molecular flexibility index (Phi) is 5.64. The summed E-state index contributed by atoms with van der Waals surface area (Å²) in [4.78, 5) is 18.9. The molecule has 0 N–H and O–H groups in total. The van der Waals surface area contributed by atoms with Gasteiger partial charge in [-0.15, -0.1) is 21.5 Å². The third-order valence-corrected chi connectivity index (χ3v) is 7.69. The molecule has 0 fully saturated rings. The Morgan fingerprint density at radius 1 is 1.03 bits per heavy atom. The van der Waals surface area contributed by atoms with Gasteiger partial charge in [0, 0.05) is 23.6 Å². The summed E-state index contributed by atoms with van der Waals surface area (Å²) in [5.41, 5.74) is 5.22. The predicted octanol–water partition coefficient (Wildman–Crippen LogP) is 6.18. The van der Waals surface area contributed by atoms with E-state index in [1.807, 2.05) is 42.6 Å². The zero-order chi connectivity index (χ0) is 23.1. The molecule has 0 bridgehead atoms. The van der Waals surface area contributed by atoms with E-state index >= 15 is 0 Å². The first kappa shape index (κ1) is 21.6. The van der Waals surface area contributed by atoms with Crippen LogP contribution in [0.25, 0.3) is 32.8 Å². The summed E-state index contributed by atoms with van der Waals surface area (Å²) in [5, 5.41) is 11.5. The minimum absolute atomic E-state index is 0.0559. The molecule has 1 atom stereocenters. The van der Waals surface area contributed by atoms with Gasteiger partial charge in [-0.2, -0.15) is 0 Å². The summed E-state index contributed by atoms with van der Waals surface area (Å²) in [5.74, 6) is 0.974. The second-order valence-corrected chi connectivity index (χ2v) is 10.1. The van der Waals surface area contributed by atoms with Crippen LogP contribution in [0.5, 0.6) is 0 Å². The zero-order valence-corrected chi connectivity index (χ0v) is 20.3. The molecule has 5 rings (SSSR count). The highest BCUT2D eigenvalue weighted by atomic mass is 32.2. The lowest BCUT2D eigenvalue weighted by molar-refractivity contribution is 0.508. The third-order valence-electron chi connectivity index (χ3n) is 5.68. The van der Waals surface area contributed by atoms with Crippen molar-refractivity contribution in [3.63, 3.8) is 0 Å². The van der Waals surface area contributed by atoms with Crippen LogP contribution in [0.2, 0.25) is 0 Å². The van der Waals surface area contributed by atoms with Crippen molar-refractivity contribution in [3.05, 3.63) is 81.3 Å². The molecule has 8 heteroatoms. The molecule has 0 saturated heterocycles. The van der Waals surface area contributed by atoms with E-state index < -0.39 is 0 Å². The number of benzene rings is 2. The first-order valence-corrected chi connectivity index (χ1v) is 12.3. The maximum Gasteiger partial charge on any atom is 0.263 e. The number of aryl methyl sites for hydroxylation is 2. The Balaban J connectivity index is 1.47. The standard InChI is InChI=1S/C25H22N4O2S2/c1-14-10-11-18(12-15(14)2)19-13-32-23-20(19)24(30)29(4)25(26-23)33-16(3)21-27-28-22(31-21)17-8-6-5-7-9-17/h5-13,16H,1-4H3. The van der Waals surface area contributed by atoms with Crippen LogP contribution in [0.15, 0.2) is 68.3 Å². The lowest BCUT2D eigenvalue weighted by atomic mass is 10.0. The van der Waals surface area contributed by atoms with Crippen LogP contribution >= 0.6 is 23.1 Å². The fourth-order valence-electron chi connectivity index (χ4n) is 3.58. The molecule has 0 aliphatic heterocycles. The van der Waals surface area contributed by atoms with Crippen molar-refractivity contribution in [1.82, 2.24) is 19.7 Å². The number of thioether (sulfide) groups is 1. The summed E-state index contributed by atoms with van der Waals surface area (Å²) in [6.45, 7) is 6.14. The second-order valence-electron chi connectivity index (χ2n) is 7.96. The number of hydrogen-bond donors (Lipinski definition) is 0. The van der Waals surface area contributed by atoms with E-state index in [-0.39, 0.29) is 10.8 Å². The van der Waals surface area contributed by atoms with Crippen LogP contribution in [-0.4, -0.2) is 19.7 Å². The van der Waals surface area contributed by atoms with Crippen molar-refractivity contribution < 1.29 is 4.42 Å².